The number of hydrogen-bond acceptors (Lipinski definition) is 5. The molecule has 0 aliphatic heterocycles. The molecule has 0 radical (unpaired) electrons. The molecule has 0 spiro atoms. The average Bonchev–Trinajstić information content (AvgIpc) is 2.85. The third kappa shape index (κ3) is 6.75. The van der Waals surface area contributed by atoms with Crippen LogP contribution in [0.5, 0.6) is 11.5 Å². The number of nitrogens with one attached hydrogen (secondary N) is 2. The molecule has 3 rings (SSSR count). The molecule has 0 saturated heterocycles. The van der Waals surface area contributed by atoms with E-state index in [4.69, 9.17) is 32.7 Å². The van der Waals surface area contributed by atoms with E-state index in [-0.39, 0.29) is 28.1 Å². The van der Waals surface area contributed by atoms with E-state index in [1.807, 2.05) is 6.07 Å². The zero-order valence-corrected chi connectivity index (χ0v) is 19.5. The highest BCUT2D eigenvalue weighted by atomic mass is 35.5. The van der Waals surface area contributed by atoms with E-state index in [1.54, 1.807) is 73.8 Å². The Morgan fingerprint density at radius 2 is 1.65 bits per heavy atom. The van der Waals surface area contributed by atoms with Crippen LogP contribution in [-0.4, -0.2) is 25.5 Å². The summed E-state index contributed by atoms with van der Waals surface area (Å²) in [7, 11) is 1.56. The Balaban J connectivity index is 1.57. The third-order valence-corrected chi connectivity index (χ3v) is 5.32. The number of ether oxygens (including phenoxy) is 2. The van der Waals surface area contributed by atoms with E-state index in [1.165, 1.54) is 6.08 Å². The summed E-state index contributed by atoms with van der Waals surface area (Å²) >= 11 is 12.0. The predicted octanol–water partition coefficient (Wildman–Crippen LogP) is 5.57. The summed E-state index contributed by atoms with van der Waals surface area (Å²) in [5, 5.41) is 15.2. The highest BCUT2D eigenvalue weighted by Crippen LogP contribution is 2.30. The van der Waals surface area contributed by atoms with Crippen molar-refractivity contribution in [1.29, 1.82) is 5.26 Å². The maximum absolute atomic E-state index is 12.5. The summed E-state index contributed by atoms with van der Waals surface area (Å²) in [4.78, 5) is 24.5. The largest absolute Gasteiger partial charge is 0.497 e. The Bertz CT molecular complexity index is 1250. The van der Waals surface area contributed by atoms with Crippen molar-refractivity contribution < 1.29 is 19.1 Å². The van der Waals surface area contributed by atoms with Gasteiger partial charge in [0.25, 0.3) is 11.8 Å². The Morgan fingerprint density at radius 3 is 2.29 bits per heavy atom. The van der Waals surface area contributed by atoms with E-state index in [2.05, 4.69) is 10.6 Å². The van der Waals surface area contributed by atoms with Crippen LogP contribution in [0.1, 0.15) is 5.56 Å². The van der Waals surface area contributed by atoms with Crippen molar-refractivity contribution in [1.82, 2.24) is 0 Å². The SMILES string of the molecule is COc1ccc(NC(=O)COc2ccc(/C=C(\C#N)C(=O)Nc3cccc(Cl)c3Cl)cc2)cc1. The number of benzene rings is 3. The van der Waals surface area contributed by atoms with Gasteiger partial charge in [0.05, 0.1) is 22.8 Å². The summed E-state index contributed by atoms with van der Waals surface area (Å²) in [6, 6.07) is 20.2. The Morgan fingerprint density at radius 1 is 0.971 bits per heavy atom. The van der Waals surface area contributed by atoms with Gasteiger partial charge >= 0.3 is 0 Å². The molecular weight excluding hydrogens is 477 g/mol. The van der Waals surface area contributed by atoms with Crippen LogP contribution in [0.4, 0.5) is 11.4 Å². The zero-order valence-electron chi connectivity index (χ0n) is 18.0. The summed E-state index contributed by atoms with van der Waals surface area (Å²) < 4.78 is 10.6. The van der Waals surface area contributed by atoms with Gasteiger partial charge in [0.1, 0.15) is 23.1 Å². The van der Waals surface area contributed by atoms with Gasteiger partial charge < -0.3 is 20.1 Å². The second-order valence-corrected chi connectivity index (χ2v) is 7.64. The Kier molecular flexibility index (Phi) is 8.52. The molecule has 2 N–H and O–H groups in total. The topological polar surface area (TPSA) is 100 Å². The molecule has 172 valence electrons. The van der Waals surface area contributed by atoms with Crippen molar-refractivity contribution in [3.05, 3.63) is 87.9 Å². The van der Waals surface area contributed by atoms with Crippen molar-refractivity contribution >= 4 is 52.5 Å². The first-order valence-electron chi connectivity index (χ1n) is 9.93. The molecule has 0 aromatic heterocycles. The molecule has 2 amide bonds. The fraction of sp³-hybridized carbons (Fsp3) is 0.0800. The number of rotatable bonds is 8. The van der Waals surface area contributed by atoms with E-state index in [0.29, 0.717) is 28.4 Å². The lowest BCUT2D eigenvalue weighted by molar-refractivity contribution is -0.118. The first kappa shape index (κ1) is 24.6. The Labute approximate surface area is 206 Å². The second kappa shape index (κ2) is 11.8. The number of nitrogens with zero attached hydrogens (tertiary/aromatic N) is 1. The number of anilines is 2. The molecule has 0 saturated carbocycles. The minimum atomic E-state index is -0.623. The van der Waals surface area contributed by atoms with Crippen LogP contribution in [0.3, 0.4) is 0 Å². The van der Waals surface area contributed by atoms with Gasteiger partial charge in [0.15, 0.2) is 6.61 Å². The molecule has 0 aliphatic carbocycles. The van der Waals surface area contributed by atoms with Crippen LogP contribution in [0, 0.1) is 11.3 Å². The van der Waals surface area contributed by atoms with Gasteiger partial charge in [-0.1, -0.05) is 41.4 Å². The van der Waals surface area contributed by atoms with Gasteiger partial charge in [-0.3, -0.25) is 9.59 Å². The lowest BCUT2D eigenvalue weighted by atomic mass is 10.1. The minimum absolute atomic E-state index is 0.122. The third-order valence-electron chi connectivity index (χ3n) is 4.50. The van der Waals surface area contributed by atoms with Gasteiger partial charge in [0.2, 0.25) is 0 Å². The first-order valence-corrected chi connectivity index (χ1v) is 10.7. The summed E-state index contributed by atoms with van der Waals surface area (Å²) in [6.07, 6.45) is 1.42. The van der Waals surface area contributed by atoms with Crippen LogP contribution in [0.25, 0.3) is 6.08 Å². The predicted molar refractivity (Wildman–Crippen MR) is 132 cm³/mol. The molecule has 0 unspecified atom stereocenters. The molecule has 3 aromatic rings. The quantitative estimate of drug-likeness (QED) is 0.314. The molecular formula is C25H19Cl2N3O4. The van der Waals surface area contributed by atoms with Crippen LogP contribution in [-0.2, 0) is 9.59 Å². The molecule has 9 heteroatoms. The molecule has 34 heavy (non-hydrogen) atoms. The monoisotopic (exact) mass is 495 g/mol. The molecule has 0 bridgehead atoms. The highest BCUT2D eigenvalue weighted by molar-refractivity contribution is 6.44. The lowest BCUT2D eigenvalue weighted by Gasteiger charge is -2.09. The molecule has 0 aliphatic rings. The van der Waals surface area contributed by atoms with Crippen molar-refractivity contribution in [2.24, 2.45) is 0 Å². The van der Waals surface area contributed by atoms with E-state index in [9.17, 15) is 14.9 Å². The second-order valence-electron chi connectivity index (χ2n) is 6.86. The maximum Gasteiger partial charge on any atom is 0.266 e. The number of carbonyl (C=O) groups excluding carboxylic acids is 2. The van der Waals surface area contributed by atoms with Gasteiger partial charge in [-0.05, 0) is 60.2 Å². The highest BCUT2D eigenvalue weighted by Gasteiger charge is 2.13. The van der Waals surface area contributed by atoms with Gasteiger partial charge in [-0.2, -0.15) is 5.26 Å². The Hall–Kier alpha value is -3.99. The molecule has 7 nitrogen and oxygen atoms in total. The van der Waals surface area contributed by atoms with Gasteiger partial charge in [0, 0.05) is 5.69 Å². The van der Waals surface area contributed by atoms with Crippen molar-refractivity contribution in [2.75, 3.05) is 24.4 Å². The average molecular weight is 496 g/mol. The van der Waals surface area contributed by atoms with E-state index in [0.717, 1.165) is 0 Å². The maximum atomic E-state index is 12.5. The smallest absolute Gasteiger partial charge is 0.266 e. The van der Waals surface area contributed by atoms with E-state index >= 15 is 0 Å². The number of amides is 2. The van der Waals surface area contributed by atoms with Gasteiger partial charge in [-0.15, -0.1) is 0 Å². The lowest BCUT2D eigenvalue weighted by Crippen LogP contribution is -2.20. The normalized spacial score (nSPS) is 10.7. The fourth-order valence-corrected chi connectivity index (χ4v) is 3.13. The fourth-order valence-electron chi connectivity index (χ4n) is 2.79. The number of hydrogen-bond donors (Lipinski definition) is 2. The van der Waals surface area contributed by atoms with Crippen molar-refractivity contribution in [3.8, 4) is 17.6 Å². The number of methoxy groups -OCH3 is 1. The first-order chi connectivity index (χ1) is 16.4. The molecule has 3 aromatic carbocycles. The number of halogens is 2. The zero-order chi connectivity index (χ0) is 24.5. The van der Waals surface area contributed by atoms with Crippen LogP contribution < -0.4 is 20.1 Å². The minimum Gasteiger partial charge on any atom is -0.497 e. The molecule has 0 atom stereocenters. The molecule has 0 fully saturated rings. The van der Waals surface area contributed by atoms with Gasteiger partial charge in [-0.25, -0.2) is 0 Å². The van der Waals surface area contributed by atoms with Crippen molar-refractivity contribution in [2.45, 2.75) is 0 Å². The number of carbonyl (C=O) groups is 2. The molecule has 0 heterocycles. The van der Waals surface area contributed by atoms with Crippen LogP contribution in [0.15, 0.2) is 72.3 Å². The van der Waals surface area contributed by atoms with Crippen molar-refractivity contribution in [3.63, 3.8) is 0 Å². The van der Waals surface area contributed by atoms with Crippen LogP contribution in [0.2, 0.25) is 10.0 Å². The van der Waals surface area contributed by atoms with E-state index < -0.39 is 5.91 Å². The summed E-state index contributed by atoms with van der Waals surface area (Å²) in [5.41, 5.74) is 1.40. The summed E-state index contributed by atoms with van der Waals surface area (Å²) in [6.45, 7) is -0.187. The van der Waals surface area contributed by atoms with Crippen LogP contribution >= 0.6 is 23.2 Å². The standard InChI is InChI=1S/C25H19Cl2N3O4/c1-33-19-11-7-18(8-12-19)29-23(31)15-34-20-9-5-16(6-10-20)13-17(14-28)25(32)30-22-4-2-3-21(26)24(22)27/h2-13H,15H2,1H3,(H,29,31)(H,30,32)/b17-13+. The number of nitriles is 1. The summed E-state index contributed by atoms with van der Waals surface area (Å²) in [5.74, 6) is 0.198.